The van der Waals surface area contributed by atoms with Crippen molar-refractivity contribution in [2.24, 2.45) is 5.41 Å². The van der Waals surface area contributed by atoms with Crippen molar-refractivity contribution in [3.8, 4) is 12.3 Å². The van der Waals surface area contributed by atoms with Gasteiger partial charge in [-0.1, -0.05) is 5.92 Å². The van der Waals surface area contributed by atoms with Gasteiger partial charge in [-0.25, -0.2) is 4.79 Å². The van der Waals surface area contributed by atoms with E-state index in [2.05, 4.69) is 16.0 Å². The van der Waals surface area contributed by atoms with Crippen LogP contribution in [0.4, 0.5) is 0 Å². The predicted molar refractivity (Wildman–Crippen MR) is 105 cm³/mol. The Balaban J connectivity index is 1.91. The molecule has 4 unspecified atom stereocenters. The molecule has 0 radical (unpaired) electrons. The van der Waals surface area contributed by atoms with Gasteiger partial charge < -0.3 is 14.0 Å². The summed E-state index contributed by atoms with van der Waals surface area (Å²) in [6, 6.07) is 0.753. The van der Waals surface area contributed by atoms with E-state index in [0.29, 0.717) is 6.42 Å². The fourth-order valence-corrected chi connectivity index (χ4v) is 3.47. The van der Waals surface area contributed by atoms with Crippen LogP contribution in [0.5, 0.6) is 0 Å². The van der Waals surface area contributed by atoms with Gasteiger partial charge in [-0.15, -0.1) is 6.42 Å². The summed E-state index contributed by atoms with van der Waals surface area (Å²) in [6.07, 6.45) is 6.31. The highest BCUT2D eigenvalue weighted by atomic mass is 31.1. The van der Waals surface area contributed by atoms with Gasteiger partial charge in [0.05, 0.1) is 33.2 Å². The first-order chi connectivity index (χ1) is 13.2. The third kappa shape index (κ3) is 5.52. The highest BCUT2D eigenvalue weighted by Gasteiger charge is 2.45. The lowest BCUT2D eigenvalue weighted by Crippen LogP contribution is -2.36. The highest BCUT2D eigenvalue weighted by Crippen LogP contribution is 2.44. The normalized spacial score (nSPS) is 25.9. The molecule has 10 heteroatoms. The van der Waals surface area contributed by atoms with Crippen LogP contribution in [0.3, 0.4) is 0 Å². The number of H-pyrrole nitrogens is 1. The van der Waals surface area contributed by atoms with E-state index in [1.807, 2.05) is 6.92 Å². The van der Waals surface area contributed by atoms with E-state index in [1.165, 1.54) is 16.8 Å². The van der Waals surface area contributed by atoms with E-state index in [-0.39, 0.29) is 33.7 Å². The van der Waals surface area contributed by atoms with Crippen molar-refractivity contribution in [2.75, 3.05) is 6.61 Å². The zero-order valence-corrected chi connectivity index (χ0v) is 17.4. The van der Waals surface area contributed by atoms with E-state index in [4.69, 9.17) is 20.4 Å². The summed E-state index contributed by atoms with van der Waals surface area (Å²) >= 11 is 0. The Bertz CT molecular complexity index is 845. The lowest BCUT2D eigenvalue weighted by atomic mass is 9.86. The summed E-state index contributed by atoms with van der Waals surface area (Å²) in [5.74, 6) is 2.35. The number of carbonyl (C=O) groups excluding carboxylic acids is 1. The van der Waals surface area contributed by atoms with Crippen LogP contribution in [-0.4, -0.2) is 40.4 Å². The number of terminal acetylenes is 1. The summed E-state index contributed by atoms with van der Waals surface area (Å²) in [5.41, 5.74) is -1.80. The standard InChI is InChI=1S/C18H26N3O6P/c1-6-18(5)9-13(10-25-28-20-12(4)15(23)26-11(2)3)27-16(18)21-8-7-14(22)19-17(21)24/h1,7-8,11-13,16,20,28H,9-10H2,2-5H3,(H,19,22,24)/t12-,13?,16?,18?/m0/s1. The van der Waals surface area contributed by atoms with E-state index >= 15 is 0 Å². The van der Waals surface area contributed by atoms with Gasteiger partial charge in [0, 0.05) is 12.3 Å². The van der Waals surface area contributed by atoms with Gasteiger partial charge in [0.2, 0.25) is 0 Å². The molecule has 0 bridgehead atoms. The number of ether oxygens (including phenoxy) is 2. The van der Waals surface area contributed by atoms with Gasteiger partial charge in [-0.2, -0.15) is 0 Å². The number of esters is 1. The van der Waals surface area contributed by atoms with Gasteiger partial charge in [0.1, 0.15) is 6.04 Å². The molecule has 0 amide bonds. The topological polar surface area (TPSA) is 112 Å². The van der Waals surface area contributed by atoms with Crippen LogP contribution in [0.1, 0.15) is 40.3 Å². The zero-order chi connectivity index (χ0) is 20.9. The van der Waals surface area contributed by atoms with E-state index in [9.17, 15) is 14.4 Å². The number of hydrogen-bond acceptors (Lipinski definition) is 7. The number of aromatic amines is 1. The molecule has 1 aromatic heterocycles. The Kier molecular flexibility index (Phi) is 7.55. The number of hydrogen-bond donors (Lipinski definition) is 2. The second-order valence-corrected chi connectivity index (χ2v) is 7.94. The fraction of sp³-hybridized carbons (Fsp3) is 0.611. The average Bonchev–Trinajstić information content (AvgIpc) is 2.95. The SMILES string of the molecule is C#CC1(C)CC(COPN[C@@H](C)C(=O)OC(C)C)OC1n1ccc(=O)[nH]c1=O. The van der Waals surface area contributed by atoms with Crippen molar-refractivity contribution in [2.45, 2.75) is 58.6 Å². The molecule has 0 aromatic carbocycles. The first-order valence-corrected chi connectivity index (χ1v) is 9.84. The number of carbonyl (C=O) groups is 1. The molecular formula is C18H26N3O6P. The van der Waals surface area contributed by atoms with E-state index in [0.717, 1.165) is 0 Å². The molecule has 5 atom stereocenters. The lowest BCUT2D eigenvalue weighted by Gasteiger charge is -2.25. The van der Waals surface area contributed by atoms with Crippen molar-refractivity contribution in [1.82, 2.24) is 14.6 Å². The lowest BCUT2D eigenvalue weighted by molar-refractivity contribution is -0.148. The van der Waals surface area contributed by atoms with Gasteiger partial charge in [0.15, 0.2) is 6.23 Å². The zero-order valence-electron chi connectivity index (χ0n) is 16.4. The maximum atomic E-state index is 12.1. The first-order valence-electron chi connectivity index (χ1n) is 8.94. The summed E-state index contributed by atoms with van der Waals surface area (Å²) in [5, 5.41) is 2.94. The summed E-state index contributed by atoms with van der Waals surface area (Å²) < 4.78 is 17.9. The average molecular weight is 411 g/mol. The molecule has 1 aromatic rings. The quantitative estimate of drug-likeness (QED) is 0.283. The Labute approximate surface area is 165 Å². The van der Waals surface area contributed by atoms with Gasteiger partial charge in [0.25, 0.3) is 5.56 Å². The summed E-state index contributed by atoms with van der Waals surface area (Å²) in [4.78, 5) is 37.3. The number of aromatic nitrogens is 2. The molecule has 1 saturated heterocycles. The number of nitrogens with one attached hydrogen (secondary N) is 2. The van der Waals surface area contributed by atoms with Crippen molar-refractivity contribution >= 4 is 14.9 Å². The fourth-order valence-electron chi connectivity index (χ4n) is 2.83. The second-order valence-electron chi connectivity index (χ2n) is 7.16. The number of rotatable bonds is 8. The smallest absolute Gasteiger partial charge is 0.330 e. The van der Waals surface area contributed by atoms with Gasteiger partial charge in [-0.05, 0) is 34.1 Å². The molecule has 1 aliphatic rings. The molecule has 154 valence electrons. The molecule has 9 nitrogen and oxygen atoms in total. The maximum absolute atomic E-state index is 12.1. The Morgan fingerprint density at radius 2 is 2.25 bits per heavy atom. The minimum atomic E-state index is -0.735. The monoisotopic (exact) mass is 411 g/mol. The van der Waals surface area contributed by atoms with Crippen LogP contribution < -0.4 is 16.3 Å². The van der Waals surface area contributed by atoms with Crippen molar-refractivity contribution in [3.63, 3.8) is 0 Å². The maximum Gasteiger partial charge on any atom is 0.330 e. The molecule has 0 spiro atoms. The molecule has 2 rings (SSSR count). The van der Waals surface area contributed by atoms with Crippen LogP contribution in [-0.2, 0) is 18.8 Å². The van der Waals surface area contributed by atoms with Crippen molar-refractivity contribution in [3.05, 3.63) is 33.1 Å². The second kappa shape index (κ2) is 9.48. The molecule has 0 saturated carbocycles. The molecule has 1 aliphatic heterocycles. The van der Waals surface area contributed by atoms with E-state index in [1.54, 1.807) is 20.8 Å². The minimum absolute atomic E-state index is 0.133. The third-order valence-corrected chi connectivity index (χ3v) is 5.14. The Morgan fingerprint density at radius 3 is 2.86 bits per heavy atom. The van der Waals surface area contributed by atoms with Crippen LogP contribution in [0.2, 0.25) is 0 Å². The molecule has 2 heterocycles. The van der Waals surface area contributed by atoms with Gasteiger partial charge >= 0.3 is 11.7 Å². The minimum Gasteiger partial charge on any atom is -0.462 e. The molecule has 28 heavy (non-hydrogen) atoms. The summed E-state index contributed by atoms with van der Waals surface area (Å²) in [7, 11) is -0.133. The highest BCUT2D eigenvalue weighted by molar-refractivity contribution is 7.29. The van der Waals surface area contributed by atoms with E-state index < -0.39 is 28.9 Å². The van der Waals surface area contributed by atoms with Crippen molar-refractivity contribution < 1.29 is 18.8 Å². The molecule has 1 fully saturated rings. The molecular weight excluding hydrogens is 385 g/mol. The Hall–Kier alpha value is -1.98. The third-order valence-electron chi connectivity index (χ3n) is 4.27. The predicted octanol–water partition coefficient (Wildman–Crippen LogP) is 0.918. The van der Waals surface area contributed by atoms with Crippen molar-refractivity contribution in [1.29, 1.82) is 0 Å². The van der Waals surface area contributed by atoms with Crippen LogP contribution in [0.15, 0.2) is 21.9 Å². The van der Waals surface area contributed by atoms with Crippen LogP contribution >= 0.6 is 8.96 Å². The molecule has 2 N–H and O–H groups in total. The molecule has 0 aliphatic carbocycles. The Morgan fingerprint density at radius 1 is 1.54 bits per heavy atom. The number of nitrogens with zero attached hydrogens (tertiary/aromatic N) is 1. The summed E-state index contributed by atoms with van der Waals surface area (Å²) in [6.45, 7) is 7.32. The van der Waals surface area contributed by atoms with Crippen LogP contribution in [0, 0.1) is 17.8 Å². The van der Waals surface area contributed by atoms with Crippen LogP contribution in [0.25, 0.3) is 0 Å². The largest absolute Gasteiger partial charge is 0.462 e. The van der Waals surface area contributed by atoms with Gasteiger partial charge in [-0.3, -0.25) is 24.2 Å². The first kappa shape index (κ1) is 22.3.